The van der Waals surface area contributed by atoms with Crippen LogP contribution in [0, 0.1) is 0 Å². The molecule has 1 heterocycles. The number of benzene rings is 2. The Morgan fingerprint density at radius 1 is 0.839 bits per heavy atom. The SMILES string of the molecule is CN1CCN(c2ccc(C(=O)/C=C/c3cc(C(F)(F)F)cc(C(F)(F)F)c3)cc2)CC1. The van der Waals surface area contributed by atoms with E-state index in [-0.39, 0.29) is 17.2 Å². The van der Waals surface area contributed by atoms with Crippen molar-refractivity contribution in [2.45, 2.75) is 12.4 Å². The molecule has 1 fully saturated rings. The first-order chi connectivity index (χ1) is 14.4. The van der Waals surface area contributed by atoms with Crippen LogP contribution in [0.5, 0.6) is 0 Å². The molecule has 1 saturated heterocycles. The van der Waals surface area contributed by atoms with E-state index in [1.165, 1.54) is 0 Å². The summed E-state index contributed by atoms with van der Waals surface area (Å²) in [6, 6.07) is 7.94. The van der Waals surface area contributed by atoms with Crippen LogP contribution in [0.3, 0.4) is 0 Å². The van der Waals surface area contributed by atoms with Gasteiger partial charge in [-0.1, -0.05) is 6.08 Å². The molecule has 2 aromatic rings. The van der Waals surface area contributed by atoms with E-state index in [0.717, 1.165) is 44.0 Å². The lowest BCUT2D eigenvalue weighted by Gasteiger charge is -2.34. The first-order valence-electron chi connectivity index (χ1n) is 9.49. The van der Waals surface area contributed by atoms with Gasteiger partial charge in [-0.2, -0.15) is 26.3 Å². The second-order valence-corrected chi connectivity index (χ2v) is 7.37. The Bertz CT molecular complexity index is 923. The van der Waals surface area contributed by atoms with Crippen LogP contribution in [0.25, 0.3) is 6.08 Å². The van der Waals surface area contributed by atoms with Crippen molar-refractivity contribution >= 4 is 17.5 Å². The van der Waals surface area contributed by atoms with Gasteiger partial charge in [0, 0.05) is 37.4 Å². The molecule has 166 valence electrons. The van der Waals surface area contributed by atoms with Gasteiger partial charge in [0.05, 0.1) is 11.1 Å². The maximum absolute atomic E-state index is 12.9. The van der Waals surface area contributed by atoms with E-state index in [0.29, 0.717) is 12.1 Å². The fourth-order valence-corrected chi connectivity index (χ4v) is 3.24. The van der Waals surface area contributed by atoms with Gasteiger partial charge in [-0.15, -0.1) is 0 Å². The van der Waals surface area contributed by atoms with Crippen LogP contribution in [-0.2, 0) is 12.4 Å². The standard InChI is InChI=1S/C22H20F6N2O/c1-29-8-10-30(11-9-29)19-5-3-16(4-6-19)20(31)7-2-15-12-17(21(23,24)25)14-18(13-15)22(26,27)28/h2-7,12-14H,8-11H2,1H3/b7-2+. The number of anilines is 1. The highest BCUT2D eigenvalue weighted by Gasteiger charge is 2.36. The number of likely N-dealkylation sites (N-methyl/N-ethyl adjacent to an activating group) is 1. The van der Waals surface area contributed by atoms with Gasteiger partial charge >= 0.3 is 12.4 Å². The number of halogens is 6. The van der Waals surface area contributed by atoms with Crippen molar-refractivity contribution < 1.29 is 31.1 Å². The smallest absolute Gasteiger partial charge is 0.369 e. The lowest BCUT2D eigenvalue weighted by Crippen LogP contribution is -2.44. The molecule has 0 atom stereocenters. The van der Waals surface area contributed by atoms with Gasteiger partial charge in [0.15, 0.2) is 5.78 Å². The van der Waals surface area contributed by atoms with Crippen LogP contribution >= 0.6 is 0 Å². The maximum atomic E-state index is 12.9. The summed E-state index contributed by atoms with van der Waals surface area (Å²) in [7, 11) is 2.04. The summed E-state index contributed by atoms with van der Waals surface area (Å²) in [6.07, 6.45) is -7.94. The molecule has 0 saturated carbocycles. The van der Waals surface area contributed by atoms with Crippen molar-refractivity contribution in [2.24, 2.45) is 0 Å². The quantitative estimate of drug-likeness (QED) is 0.361. The minimum Gasteiger partial charge on any atom is -0.369 e. The number of allylic oxidation sites excluding steroid dienone is 1. The lowest BCUT2D eigenvalue weighted by atomic mass is 10.0. The zero-order valence-electron chi connectivity index (χ0n) is 16.6. The van der Waals surface area contributed by atoms with E-state index >= 15 is 0 Å². The van der Waals surface area contributed by atoms with Gasteiger partial charge in [0.1, 0.15) is 0 Å². The second-order valence-electron chi connectivity index (χ2n) is 7.37. The summed E-state index contributed by atoms with van der Waals surface area (Å²) in [5, 5.41) is 0. The largest absolute Gasteiger partial charge is 0.416 e. The van der Waals surface area contributed by atoms with Crippen LogP contribution in [0.15, 0.2) is 48.5 Å². The van der Waals surface area contributed by atoms with Crippen LogP contribution < -0.4 is 4.90 Å². The van der Waals surface area contributed by atoms with Gasteiger partial charge in [-0.3, -0.25) is 4.79 Å². The Labute approximate surface area is 175 Å². The molecule has 0 aromatic heterocycles. The third-order valence-electron chi connectivity index (χ3n) is 5.06. The molecule has 31 heavy (non-hydrogen) atoms. The van der Waals surface area contributed by atoms with Crippen molar-refractivity contribution in [2.75, 3.05) is 38.1 Å². The van der Waals surface area contributed by atoms with E-state index in [1.54, 1.807) is 24.3 Å². The number of carbonyl (C=O) groups excluding carboxylic acids is 1. The minimum absolute atomic E-state index is 0.0518. The number of hydrogen-bond acceptors (Lipinski definition) is 3. The van der Waals surface area contributed by atoms with Gasteiger partial charge in [0.2, 0.25) is 0 Å². The number of piperazine rings is 1. The number of nitrogens with zero attached hydrogens (tertiary/aromatic N) is 2. The van der Waals surface area contributed by atoms with Gasteiger partial charge in [-0.25, -0.2) is 0 Å². The first-order valence-corrected chi connectivity index (χ1v) is 9.49. The van der Waals surface area contributed by atoms with Gasteiger partial charge in [-0.05, 0) is 61.2 Å². The number of hydrogen-bond donors (Lipinski definition) is 0. The third-order valence-corrected chi connectivity index (χ3v) is 5.06. The summed E-state index contributed by atoms with van der Waals surface area (Å²) < 4.78 is 77.7. The summed E-state index contributed by atoms with van der Waals surface area (Å²) in [6.45, 7) is 3.53. The zero-order chi connectivity index (χ0) is 22.8. The van der Waals surface area contributed by atoms with Crippen molar-refractivity contribution in [3.63, 3.8) is 0 Å². The number of carbonyl (C=O) groups is 1. The normalized spacial score (nSPS) is 16.2. The monoisotopic (exact) mass is 442 g/mol. The van der Waals surface area contributed by atoms with E-state index in [9.17, 15) is 31.1 Å². The summed E-state index contributed by atoms with van der Waals surface area (Å²) >= 11 is 0. The Kier molecular flexibility index (Phi) is 6.45. The Balaban J connectivity index is 1.77. The molecule has 0 amide bonds. The average molecular weight is 442 g/mol. The predicted molar refractivity (Wildman–Crippen MR) is 106 cm³/mol. The predicted octanol–water partition coefficient (Wildman–Crippen LogP) is 5.37. The second kappa shape index (κ2) is 8.74. The third kappa shape index (κ3) is 5.88. The summed E-state index contributed by atoms with van der Waals surface area (Å²) in [5.41, 5.74) is -1.97. The van der Waals surface area contributed by atoms with Crippen LogP contribution in [-0.4, -0.2) is 43.9 Å². The van der Waals surface area contributed by atoms with Gasteiger partial charge < -0.3 is 9.80 Å². The molecule has 0 aliphatic carbocycles. The molecule has 9 heteroatoms. The zero-order valence-corrected chi connectivity index (χ0v) is 16.6. The molecular weight excluding hydrogens is 422 g/mol. The molecule has 3 nitrogen and oxygen atoms in total. The van der Waals surface area contributed by atoms with Crippen LogP contribution in [0.4, 0.5) is 32.0 Å². The van der Waals surface area contributed by atoms with Gasteiger partial charge in [0.25, 0.3) is 0 Å². The molecule has 0 N–H and O–H groups in total. The highest BCUT2D eigenvalue weighted by molar-refractivity contribution is 6.07. The van der Waals surface area contributed by atoms with E-state index in [2.05, 4.69) is 9.80 Å². The fourth-order valence-electron chi connectivity index (χ4n) is 3.24. The molecular formula is C22H20F6N2O. The maximum Gasteiger partial charge on any atom is 0.416 e. The van der Waals surface area contributed by atoms with Crippen molar-refractivity contribution in [3.8, 4) is 0 Å². The Morgan fingerprint density at radius 3 is 1.84 bits per heavy atom. The molecule has 0 spiro atoms. The number of rotatable bonds is 4. The molecule has 1 aliphatic heterocycles. The highest BCUT2D eigenvalue weighted by Crippen LogP contribution is 2.36. The molecule has 0 unspecified atom stereocenters. The first kappa shape index (κ1) is 22.9. The van der Waals surface area contributed by atoms with Crippen molar-refractivity contribution in [1.82, 2.24) is 4.90 Å². The fraction of sp³-hybridized carbons (Fsp3) is 0.318. The molecule has 1 aliphatic rings. The van der Waals surface area contributed by atoms with Crippen LogP contribution in [0.2, 0.25) is 0 Å². The summed E-state index contributed by atoms with van der Waals surface area (Å²) in [4.78, 5) is 16.7. The van der Waals surface area contributed by atoms with Crippen LogP contribution in [0.1, 0.15) is 27.0 Å². The summed E-state index contributed by atoms with van der Waals surface area (Å²) in [5.74, 6) is -0.518. The number of alkyl halides is 6. The highest BCUT2D eigenvalue weighted by atomic mass is 19.4. The number of ketones is 1. The van der Waals surface area contributed by atoms with E-state index in [1.807, 2.05) is 7.05 Å². The van der Waals surface area contributed by atoms with E-state index < -0.39 is 29.3 Å². The Hall–Kier alpha value is -2.81. The lowest BCUT2D eigenvalue weighted by molar-refractivity contribution is -0.143. The topological polar surface area (TPSA) is 23.6 Å². The molecule has 3 rings (SSSR count). The van der Waals surface area contributed by atoms with Crippen molar-refractivity contribution in [3.05, 3.63) is 70.8 Å². The van der Waals surface area contributed by atoms with Crippen molar-refractivity contribution in [1.29, 1.82) is 0 Å². The average Bonchev–Trinajstić information content (AvgIpc) is 2.71. The molecule has 2 aromatic carbocycles. The Morgan fingerprint density at radius 2 is 1.35 bits per heavy atom. The molecule has 0 bridgehead atoms. The minimum atomic E-state index is -4.94. The molecule has 0 radical (unpaired) electrons. The van der Waals surface area contributed by atoms with E-state index in [4.69, 9.17) is 0 Å².